The molecule has 0 aromatic rings. The van der Waals surface area contributed by atoms with Crippen LogP contribution in [0, 0.1) is 0 Å². The Morgan fingerprint density at radius 3 is 1.26 bits per heavy atom. The minimum absolute atomic E-state index is 0.0387. The third kappa shape index (κ3) is 58.2. The molecule has 0 aliphatic heterocycles. The van der Waals surface area contributed by atoms with Crippen molar-refractivity contribution in [3.05, 3.63) is 60.8 Å². The van der Waals surface area contributed by atoms with E-state index in [4.69, 9.17) is 13.8 Å². The average Bonchev–Trinajstić information content (AvgIpc) is 3.39. The van der Waals surface area contributed by atoms with Crippen molar-refractivity contribution in [3.63, 3.8) is 0 Å². The van der Waals surface area contributed by atoms with E-state index >= 15 is 0 Å². The van der Waals surface area contributed by atoms with Gasteiger partial charge in [0.1, 0.15) is 19.3 Å². The Labute approximate surface area is 477 Å². The predicted octanol–water partition coefficient (Wildman–Crippen LogP) is 20.2. The summed E-state index contributed by atoms with van der Waals surface area (Å²) in [4.78, 5) is 37.7. The van der Waals surface area contributed by atoms with Crippen LogP contribution in [0.15, 0.2) is 60.8 Å². The quantitative estimate of drug-likeness (QED) is 0.0205. The monoisotopic (exact) mass is 1100 g/mol. The molecule has 9 nitrogen and oxygen atoms in total. The van der Waals surface area contributed by atoms with Crippen molar-refractivity contribution >= 4 is 19.7 Å². The number of phosphoric ester groups is 1. The number of phosphoric acid groups is 1. The van der Waals surface area contributed by atoms with Crippen molar-refractivity contribution in [2.75, 3.05) is 40.9 Å². The van der Waals surface area contributed by atoms with Gasteiger partial charge in [0.05, 0.1) is 33.8 Å². The van der Waals surface area contributed by atoms with Gasteiger partial charge in [-0.1, -0.05) is 262 Å². The van der Waals surface area contributed by atoms with E-state index in [2.05, 4.69) is 74.7 Å². The van der Waals surface area contributed by atoms with Crippen LogP contribution < -0.4 is 5.32 Å². The van der Waals surface area contributed by atoms with Crippen LogP contribution in [-0.2, 0) is 27.9 Å². The van der Waals surface area contributed by atoms with Gasteiger partial charge in [0.2, 0.25) is 5.91 Å². The first kappa shape index (κ1) is 74.7. The summed E-state index contributed by atoms with van der Waals surface area (Å²) in [6.45, 7) is 6.90. The normalized spacial score (nSPS) is 14.0. The Hall–Kier alpha value is -2.29. The fourth-order valence-electron chi connectivity index (χ4n) is 9.42. The molecule has 450 valence electrons. The van der Waals surface area contributed by atoms with Gasteiger partial charge in [-0.2, -0.15) is 0 Å². The van der Waals surface area contributed by atoms with Gasteiger partial charge >= 0.3 is 13.8 Å². The molecule has 0 heterocycles. The van der Waals surface area contributed by atoms with Gasteiger partial charge < -0.3 is 19.4 Å². The molecule has 0 aromatic carbocycles. The van der Waals surface area contributed by atoms with Crippen LogP contribution in [0.2, 0.25) is 0 Å². The lowest BCUT2D eigenvalue weighted by Gasteiger charge is -2.27. The molecule has 3 unspecified atom stereocenters. The van der Waals surface area contributed by atoms with Crippen molar-refractivity contribution in [3.8, 4) is 0 Å². The number of carbonyl (C=O) groups excluding carboxylic acids is 2. The van der Waals surface area contributed by atoms with Crippen LogP contribution >= 0.6 is 7.82 Å². The first-order valence-corrected chi connectivity index (χ1v) is 34.1. The minimum atomic E-state index is -4.45. The molecule has 10 heteroatoms. The zero-order valence-electron chi connectivity index (χ0n) is 51.5. The highest BCUT2D eigenvalue weighted by Crippen LogP contribution is 2.43. The van der Waals surface area contributed by atoms with Gasteiger partial charge in [0, 0.05) is 12.8 Å². The summed E-state index contributed by atoms with van der Waals surface area (Å²) >= 11 is 0. The lowest BCUT2D eigenvalue weighted by Crippen LogP contribution is -2.47. The van der Waals surface area contributed by atoms with Crippen molar-refractivity contribution in [2.24, 2.45) is 0 Å². The van der Waals surface area contributed by atoms with E-state index in [0.29, 0.717) is 17.4 Å². The highest BCUT2D eigenvalue weighted by atomic mass is 31.2. The summed E-state index contributed by atoms with van der Waals surface area (Å²) in [5, 5.41) is 3.06. The Balaban J connectivity index is 5.07. The van der Waals surface area contributed by atoms with Crippen LogP contribution in [0.25, 0.3) is 0 Å². The maximum absolute atomic E-state index is 13.6. The molecule has 3 atom stereocenters. The molecule has 0 aliphatic carbocycles. The predicted molar refractivity (Wildman–Crippen MR) is 332 cm³/mol. The van der Waals surface area contributed by atoms with Crippen molar-refractivity contribution < 1.29 is 37.3 Å². The van der Waals surface area contributed by atoms with Crippen molar-refractivity contribution in [1.82, 2.24) is 5.32 Å². The summed E-state index contributed by atoms with van der Waals surface area (Å²) < 4.78 is 30.7. The molecule has 0 saturated heterocycles. The van der Waals surface area contributed by atoms with Crippen molar-refractivity contribution in [1.29, 1.82) is 0 Å². The average molecular weight is 1100 g/mol. The third-order valence-electron chi connectivity index (χ3n) is 14.4. The number of rotatable bonds is 59. The molecule has 0 aliphatic rings. The summed E-state index contributed by atoms with van der Waals surface area (Å²) in [5.74, 6) is -0.507. The topological polar surface area (TPSA) is 111 Å². The van der Waals surface area contributed by atoms with Gasteiger partial charge in [-0.25, -0.2) is 4.57 Å². The third-order valence-corrected chi connectivity index (χ3v) is 15.4. The maximum Gasteiger partial charge on any atom is 0.472 e. The molecule has 77 heavy (non-hydrogen) atoms. The Bertz CT molecular complexity index is 1500. The number of unbranched alkanes of at least 4 members (excludes halogenated alkanes) is 35. The van der Waals surface area contributed by atoms with Gasteiger partial charge in [-0.3, -0.25) is 18.6 Å². The van der Waals surface area contributed by atoms with E-state index in [0.717, 1.165) is 89.9 Å². The van der Waals surface area contributed by atoms with E-state index in [-0.39, 0.29) is 31.5 Å². The minimum Gasteiger partial charge on any atom is -0.456 e. The Kier molecular flexibility index (Phi) is 55.3. The second-order valence-electron chi connectivity index (χ2n) is 23.3. The van der Waals surface area contributed by atoms with E-state index in [1.165, 1.54) is 180 Å². The first-order chi connectivity index (χ1) is 37.4. The van der Waals surface area contributed by atoms with Gasteiger partial charge in [-0.05, 0) is 89.5 Å². The Morgan fingerprint density at radius 1 is 0.468 bits per heavy atom. The molecular weight excluding hydrogens is 976 g/mol. The number of nitrogens with zero attached hydrogens (tertiary/aromatic N) is 1. The molecule has 0 fully saturated rings. The number of allylic oxidation sites excluding steroid dienone is 9. The van der Waals surface area contributed by atoms with E-state index in [1.807, 2.05) is 33.3 Å². The highest BCUT2D eigenvalue weighted by Gasteiger charge is 2.30. The van der Waals surface area contributed by atoms with E-state index < -0.39 is 20.0 Å². The molecular formula is C67H126N2O7P+. The number of likely N-dealkylation sites (N-methyl/N-ethyl adjacent to an activating group) is 1. The number of amides is 1. The number of carbonyl (C=O) groups is 2. The van der Waals surface area contributed by atoms with E-state index in [1.54, 1.807) is 0 Å². The highest BCUT2D eigenvalue weighted by molar-refractivity contribution is 7.47. The smallest absolute Gasteiger partial charge is 0.456 e. The van der Waals surface area contributed by atoms with Crippen LogP contribution in [0.3, 0.4) is 0 Å². The standard InChI is InChI=1S/C67H125N2O7P/c1-7-10-13-16-19-22-25-28-30-31-32-33-34-35-36-37-38-39-40-41-44-47-50-53-56-59-66(70)68-64(63-75-77(72,73)74-62-61-69(4,5)6)65(58-55-52-49-46-43-27-24-21-18-15-12-9-3)76-67(71)60-57-54-51-48-45-42-29-26-23-20-17-14-11-8-2/h11,14,19-20,22-23,28,30,55,58,64-65H,7-10,12-13,15-18,21,24-27,29,31-54,56-57,59-63H2,1-6H3,(H-,68,70,72,73)/p+1/b14-11+,22-19-,23-20+,30-28-,58-55-. The second kappa shape index (κ2) is 57.0. The SMILES string of the molecule is CC/C=C/C/C=C/CCCCCCCCCC(=O)OC(/C=C\CCCCCCCCCCCC)C(COP(=O)(O)OCC[N+](C)(C)C)NC(=O)CCCCCCCCCCCCCCCCC/C=C\C/C=C\CCCCC. The number of quaternary nitrogens is 1. The second-order valence-corrected chi connectivity index (χ2v) is 24.7. The maximum atomic E-state index is 13.6. The number of nitrogens with one attached hydrogen (secondary N) is 1. The summed E-state index contributed by atoms with van der Waals surface area (Å²) in [7, 11) is 1.50. The first-order valence-electron chi connectivity index (χ1n) is 32.6. The molecule has 0 spiro atoms. The van der Waals surface area contributed by atoms with Crippen molar-refractivity contribution in [2.45, 2.75) is 315 Å². The molecule has 2 N–H and O–H groups in total. The zero-order chi connectivity index (χ0) is 56.4. The zero-order valence-corrected chi connectivity index (χ0v) is 52.3. The number of esters is 1. The lowest BCUT2D eigenvalue weighted by atomic mass is 10.0. The van der Waals surface area contributed by atoms with Crippen LogP contribution in [0.1, 0.15) is 303 Å². The van der Waals surface area contributed by atoms with Gasteiger partial charge in [0.25, 0.3) is 0 Å². The summed E-state index contributed by atoms with van der Waals surface area (Å²) in [6, 6.07) is -0.851. The molecule has 0 bridgehead atoms. The van der Waals surface area contributed by atoms with Crippen LogP contribution in [0.5, 0.6) is 0 Å². The largest absolute Gasteiger partial charge is 0.472 e. The van der Waals surface area contributed by atoms with Gasteiger partial charge in [-0.15, -0.1) is 0 Å². The Morgan fingerprint density at radius 2 is 0.831 bits per heavy atom. The molecule has 0 aromatic heterocycles. The number of ether oxygens (including phenoxy) is 1. The van der Waals surface area contributed by atoms with E-state index in [9.17, 15) is 19.0 Å². The lowest BCUT2D eigenvalue weighted by molar-refractivity contribution is -0.870. The number of hydrogen-bond donors (Lipinski definition) is 2. The fourth-order valence-corrected chi connectivity index (χ4v) is 10.2. The van der Waals surface area contributed by atoms with Crippen LogP contribution in [0.4, 0.5) is 0 Å². The summed E-state index contributed by atoms with van der Waals surface area (Å²) in [5.41, 5.74) is 0. The fraction of sp³-hybridized carbons (Fsp3) is 0.821. The van der Waals surface area contributed by atoms with Gasteiger partial charge in [0.15, 0.2) is 0 Å². The molecule has 0 radical (unpaired) electrons. The van der Waals surface area contributed by atoms with Crippen LogP contribution in [-0.4, -0.2) is 74.3 Å². The molecule has 0 rings (SSSR count). The molecule has 1 amide bonds. The molecule has 0 saturated carbocycles. The number of hydrogen-bond acceptors (Lipinski definition) is 6. The summed E-state index contributed by atoms with van der Waals surface area (Å²) in [6.07, 6.45) is 72.3.